The van der Waals surface area contributed by atoms with Crippen molar-refractivity contribution in [2.75, 3.05) is 33.4 Å². The van der Waals surface area contributed by atoms with Crippen molar-refractivity contribution in [3.8, 4) is 5.75 Å². The van der Waals surface area contributed by atoms with Gasteiger partial charge < -0.3 is 23.9 Å². The number of aliphatic hydroxyl groups excluding tert-OH is 1. The summed E-state index contributed by atoms with van der Waals surface area (Å²) in [6.07, 6.45) is 1.49. The highest BCUT2D eigenvalue weighted by Gasteiger charge is 2.25. The molecule has 1 unspecified atom stereocenters. The Balaban J connectivity index is 1.18. The van der Waals surface area contributed by atoms with E-state index in [4.69, 9.17) is 13.9 Å². The Morgan fingerprint density at radius 2 is 1.90 bits per heavy atom. The molecule has 0 spiro atoms. The molecular formula is C23H28N2O4. The second kappa shape index (κ2) is 9.39. The number of aromatic nitrogens is 1. The van der Waals surface area contributed by atoms with Crippen LogP contribution in [0.3, 0.4) is 0 Å². The van der Waals surface area contributed by atoms with Crippen molar-refractivity contribution in [1.29, 1.82) is 0 Å². The van der Waals surface area contributed by atoms with Gasteiger partial charge in [0.25, 0.3) is 0 Å². The van der Waals surface area contributed by atoms with Gasteiger partial charge in [0.05, 0.1) is 26.4 Å². The zero-order valence-electron chi connectivity index (χ0n) is 16.8. The maximum atomic E-state index is 10.3. The van der Waals surface area contributed by atoms with Crippen LogP contribution in [0.1, 0.15) is 30.2 Å². The molecule has 6 nitrogen and oxygen atoms in total. The molecule has 1 aliphatic heterocycles. The van der Waals surface area contributed by atoms with Crippen molar-refractivity contribution < 1.29 is 19.0 Å². The van der Waals surface area contributed by atoms with Crippen molar-refractivity contribution in [3.63, 3.8) is 0 Å². The fourth-order valence-corrected chi connectivity index (χ4v) is 3.81. The van der Waals surface area contributed by atoms with Crippen LogP contribution in [0.15, 0.2) is 52.9 Å². The quantitative estimate of drug-likeness (QED) is 0.628. The number of rotatable bonds is 8. The largest absolute Gasteiger partial charge is 0.497 e. The summed E-state index contributed by atoms with van der Waals surface area (Å²) < 4.78 is 16.8. The number of piperidine rings is 1. The van der Waals surface area contributed by atoms with E-state index in [-0.39, 0.29) is 0 Å². The number of oxazole rings is 1. The molecule has 1 aliphatic rings. The molecule has 0 aliphatic carbocycles. The predicted octanol–water partition coefficient (Wildman–Crippen LogP) is 3.59. The van der Waals surface area contributed by atoms with Crippen LogP contribution in [0.25, 0.3) is 11.1 Å². The molecule has 4 rings (SSSR count). The Morgan fingerprint density at radius 1 is 1.14 bits per heavy atom. The summed E-state index contributed by atoms with van der Waals surface area (Å²) in [4.78, 5) is 6.93. The molecule has 1 aromatic heterocycles. The third kappa shape index (κ3) is 5.15. The number of fused-ring (bicyclic) bond motifs is 1. The molecule has 0 bridgehead atoms. The number of nitrogens with zero attached hydrogens (tertiary/aromatic N) is 2. The number of para-hydroxylation sites is 2. The van der Waals surface area contributed by atoms with Crippen LogP contribution in [0.2, 0.25) is 0 Å². The van der Waals surface area contributed by atoms with Crippen molar-refractivity contribution in [1.82, 2.24) is 9.88 Å². The maximum Gasteiger partial charge on any atom is 0.198 e. The van der Waals surface area contributed by atoms with Crippen molar-refractivity contribution in [2.24, 2.45) is 0 Å². The number of hydrogen-bond acceptors (Lipinski definition) is 6. The summed E-state index contributed by atoms with van der Waals surface area (Å²) in [5, 5.41) is 10.3. The smallest absolute Gasteiger partial charge is 0.198 e. The van der Waals surface area contributed by atoms with Gasteiger partial charge in [-0.3, -0.25) is 0 Å². The highest BCUT2D eigenvalue weighted by molar-refractivity contribution is 5.72. The lowest BCUT2D eigenvalue weighted by Crippen LogP contribution is -2.39. The number of β-amino-alcohol motifs (C(OH)–C–C–N with tert-alkyl or cyclic N) is 1. The van der Waals surface area contributed by atoms with Gasteiger partial charge in [-0.25, -0.2) is 4.98 Å². The highest BCUT2D eigenvalue weighted by Crippen LogP contribution is 2.29. The Labute approximate surface area is 171 Å². The van der Waals surface area contributed by atoms with Crippen molar-refractivity contribution in [3.05, 3.63) is 60.0 Å². The lowest BCUT2D eigenvalue weighted by molar-refractivity contribution is 0.00582. The van der Waals surface area contributed by atoms with Crippen LogP contribution >= 0.6 is 0 Å². The standard InChI is InChI=1S/C23H28N2O4/c1-27-20-8-6-17(7-9-20)15-28-16-19(26)14-25-12-10-18(11-13-25)23-24-21-4-2-3-5-22(21)29-23/h2-9,18-19,26H,10-16H2,1H3. The third-order valence-electron chi connectivity index (χ3n) is 5.45. The molecule has 0 saturated carbocycles. The van der Waals surface area contributed by atoms with Gasteiger partial charge in [-0.05, 0) is 55.8 Å². The van der Waals surface area contributed by atoms with E-state index in [1.807, 2.05) is 48.5 Å². The Hall–Kier alpha value is -2.41. The molecule has 0 radical (unpaired) electrons. The fourth-order valence-electron chi connectivity index (χ4n) is 3.81. The minimum atomic E-state index is -0.492. The molecule has 6 heteroatoms. The molecule has 1 saturated heterocycles. The molecule has 154 valence electrons. The van der Waals surface area contributed by atoms with E-state index >= 15 is 0 Å². The zero-order valence-corrected chi connectivity index (χ0v) is 16.8. The number of hydrogen-bond donors (Lipinski definition) is 1. The highest BCUT2D eigenvalue weighted by atomic mass is 16.5. The van der Waals surface area contributed by atoms with Crippen LogP contribution in [0, 0.1) is 0 Å². The first-order valence-electron chi connectivity index (χ1n) is 10.2. The summed E-state index contributed by atoms with van der Waals surface area (Å²) in [5.41, 5.74) is 2.85. The van der Waals surface area contributed by atoms with E-state index in [0.717, 1.165) is 54.2 Å². The minimum absolute atomic E-state index is 0.330. The van der Waals surface area contributed by atoms with Gasteiger partial charge >= 0.3 is 0 Å². The molecule has 1 atom stereocenters. The van der Waals surface area contributed by atoms with Crippen LogP contribution in [-0.2, 0) is 11.3 Å². The summed E-state index contributed by atoms with van der Waals surface area (Å²) >= 11 is 0. The molecule has 2 aromatic carbocycles. The lowest BCUT2D eigenvalue weighted by atomic mass is 9.96. The first kappa shape index (κ1) is 19.9. The topological polar surface area (TPSA) is 68.0 Å². The van der Waals surface area contributed by atoms with Crippen molar-refractivity contribution in [2.45, 2.75) is 31.5 Å². The maximum absolute atomic E-state index is 10.3. The first-order chi connectivity index (χ1) is 14.2. The molecule has 0 amide bonds. The Morgan fingerprint density at radius 3 is 2.62 bits per heavy atom. The van der Waals surface area contributed by atoms with Gasteiger partial charge in [0.15, 0.2) is 11.5 Å². The molecule has 2 heterocycles. The number of benzene rings is 2. The number of aliphatic hydroxyl groups is 1. The van der Waals surface area contributed by atoms with Gasteiger partial charge in [-0.2, -0.15) is 0 Å². The van der Waals surface area contributed by atoms with E-state index < -0.39 is 6.10 Å². The summed E-state index contributed by atoms with van der Waals surface area (Å²) in [5.74, 6) is 2.02. The van der Waals surface area contributed by atoms with Crippen molar-refractivity contribution >= 4 is 11.1 Å². The minimum Gasteiger partial charge on any atom is -0.497 e. The number of likely N-dealkylation sites (tertiary alicyclic amines) is 1. The molecule has 3 aromatic rings. The third-order valence-corrected chi connectivity index (χ3v) is 5.45. The van der Waals surface area contributed by atoms with E-state index in [1.54, 1.807) is 7.11 Å². The second-order valence-electron chi connectivity index (χ2n) is 7.61. The first-order valence-corrected chi connectivity index (χ1v) is 10.2. The zero-order chi connectivity index (χ0) is 20.1. The molecular weight excluding hydrogens is 368 g/mol. The Bertz CT molecular complexity index is 868. The van der Waals surface area contributed by atoms with Crippen LogP contribution < -0.4 is 4.74 Å². The SMILES string of the molecule is COc1ccc(COCC(O)CN2CCC(c3nc4ccccc4o3)CC2)cc1. The van der Waals surface area contributed by atoms with Gasteiger partial charge in [0.2, 0.25) is 0 Å². The van der Waals surface area contributed by atoms with Gasteiger partial charge in [0.1, 0.15) is 11.3 Å². The summed E-state index contributed by atoms with van der Waals surface area (Å²) in [6, 6.07) is 15.7. The van der Waals surface area contributed by atoms with E-state index in [2.05, 4.69) is 9.88 Å². The monoisotopic (exact) mass is 396 g/mol. The normalized spacial score (nSPS) is 16.9. The lowest BCUT2D eigenvalue weighted by Gasteiger charge is -2.31. The van der Waals surface area contributed by atoms with Crippen LogP contribution in [0.5, 0.6) is 5.75 Å². The number of methoxy groups -OCH3 is 1. The summed E-state index contributed by atoms with van der Waals surface area (Å²) in [7, 11) is 1.65. The van der Waals surface area contributed by atoms with Gasteiger partial charge in [0, 0.05) is 12.5 Å². The molecule has 1 fully saturated rings. The predicted molar refractivity (Wildman–Crippen MR) is 111 cm³/mol. The second-order valence-corrected chi connectivity index (χ2v) is 7.61. The van der Waals surface area contributed by atoms with E-state index in [1.165, 1.54) is 0 Å². The van der Waals surface area contributed by atoms with Gasteiger partial charge in [-0.15, -0.1) is 0 Å². The average Bonchev–Trinajstić information content (AvgIpc) is 3.19. The van der Waals surface area contributed by atoms with Crippen LogP contribution in [-0.4, -0.2) is 54.4 Å². The summed E-state index contributed by atoms with van der Waals surface area (Å²) in [6.45, 7) is 3.30. The average molecular weight is 396 g/mol. The van der Waals surface area contributed by atoms with E-state index in [9.17, 15) is 5.11 Å². The Kier molecular flexibility index (Phi) is 6.44. The molecule has 29 heavy (non-hydrogen) atoms. The van der Waals surface area contributed by atoms with E-state index in [0.29, 0.717) is 25.7 Å². The van der Waals surface area contributed by atoms with Crippen LogP contribution in [0.4, 0.5) is 0 Å². The number of ether oxygens (including phenoxy) is 2. The fraction of sp³-hybridized carbons (Fsp3) is 0.435. The molecule has 1 N–H and O–H groups in total. The van der Waals surface area contributed by atoms with Gasteiger partial charge in [-0.1, -0.05) is 24.3 Å².